The van der Waals surface area contributed by atoms with Crippen LogP contribution in [-0.2, 0) is 4.74 Å². The van der Waals surface area contributed by atoms with Gasteiger partial charge in [0.2, 0.25) is 0 Å². The van der Waals surface area contributed by atoms with Crippen molar-refractivity contribution < 1.29 is 4.74 Å². The summed E-state index contributed by atoms with van der Waals surface area (Å²) in [5.74, 6) is 0. The molecule has 21 heavy (non-hydrogen) atoms. The van der Waals surface area contributed by atoms with E-state index in [1.54, 1.807) is 13.3 Å². The molecule has 0 saturated heterocycles. The average Bonchev–Trinajstić information content (AvgIpc) is 2.92. The molecule has 0 aliphatic heterocycles. The first kappa shape index (κ1) is 15.9. The average molecular weight is 308 g/mol. The molecule has 0 amide bonds. The zero-order valence-electron chi connectivity index (χ0n) is 12.9. The van der Waals surface area contributed by atoms with Gasteiger partial charge < -0.3 is 10.1 Å². The molecule has 1 unspecified atom stereocenters. The van der Waals surface area contributed by atoms with E-state index in [1.807, 2.05) is 35.1 Å². The van der Waals surface area contributed by atoms with E-state index in [9.17, 15) is 0 Å². The number of anilines is 1. The highest BCUT2D eigenvalue weighted by Gasteiger charge is 2.20. The normalized spacial score (nSPS) is 13.2. The molecule has 0 spiro atoms. The number of nitrogens with zero attached hydrogens (tertiary/aromatic N) is 2. The van der Waals surface area contributed by atoms with Crippen LogP contribution in [0.2, 0.25) is 5.02 Å². The minimum absolute atomic E-state index is 0.170. The molecular formula is C16H22ClN3O. The molecule has 1 atom stereocenters. The van der Waals surface area contributed by atoms with Crippen molar-refractivity contribution in [2.75, 3.05) is 12.4 Å². The summed E-state index contributed by atoms with van der Waals surface area (Å²) in [4.78, 5) is 0. The fourth-order valence-corrected chi connectivity index (χ4v) is 2.54. The first-order valence-electron chi connectivity index (χ1n) is 7.02. The van der Waals surface area contributed by atoms with Gasteiger partial charge in [0.15, 0.2) is 0 Å². The fourth-order valence-electron chi connectivity index (χ4n) is 2.37. The van der Waals surface area contributed by atoms with E-state index in [2.05, 4.69) is 31.2 Å². The first-order chi connectivity index (χ1) is 9.91. The second-order valence-corrected chi connectivity index (χ2v) is 6.26. The van der Waals surface area contributed by atoms with E-state index in [1.165, 1.54) is 0 Å². The summed E-state index contributed by atoms with van der Waals surface area (Å²) in [7, 11) is 1.74. The Bertz CT molecular complexity index is 581. The highest BCUT2D eigenvalue weighted by atomic mass is 35.5. The minimum atomic E-state index is -0.170. The van der Waals surface area contributed by atoms with Gasteiger partial charge in [-0.05, 0) is 51.5 Å². The van der Waals surface area contributed by atoms with Gasteiger partial charge in [-0.15, -0.1) is 0 Å². The Morgan fingerprint density at radius 2 is 2.19 bits per heavy atom. The van der Waals surface area contributed by atoms with Gasteiger partial charge >= 0.3 is 0 Å². The lowest BCUT2D eigenvalue weighted by atomic mass is 9.99. The van der Waals surface area contributed by atoms with Crippen LogP contribution in [-0.4, -0.2) is 28.5 Å². The minimum Gasteiger partial charge on any atom is -0.381 e. The van der Waals surface area contributed by atoms with E-state index in [-0.39, 0.29) is 11.6 Å². The summed E-state index contributed by atoms with van der Waals surface area (Å²) in [5, 5.41) is 8.49. The Morgan fingerprint density at radius 1 is 1.43 bits per heavy atom. The van der Waals surface area contributed by atoms with Crippen LogP contribution in [0.3, 0.4) is 0 Å². The molecule has 5 heteroatoms. The fraction of sp³-hybridized carbons (Fsp3) is 0.438. The molecule has 2 rings (SSSR count). The summed E-state index contributed by atoms with van der Waals surface area (Å²) < 4.78 is 7.31. The lowest BCUT2D eigenvalue weighted by molar-refractivity contribution is 0.0128. The van der Waals surface area contributed by atoms with Gasteiger partial charge in [0.1, 0.15) is 0 Å². The molecule has 114 valence electrons. The van der Waals surface area contributed by atoms with Crippen LogP contribution < -0.4 is 5.32 Å². The van der Waals surface area contributed by atoms with Gasteiger partial charge in [-0.1, -0.05) is 11.6 Å². The number of aromatic nitrogens is 2. The lowest BCUT2D eigenvalue weighted by Crippen LogP contribution is -2.31. The molecular weight excluding hydrogens is 286 g/mol. The zero-order chi connectivity index (χ0) is 15.5. The lowest BCUT2D eigenvalue weighted by Gasteiger charge is -2.28. The third-order valence-electron chi connectivity index (χ3n) is 3.46. The molecule has 1 aromatic carbocycles. The van der Waals surface area contributed by atoms with Crippen LogP contribution in [0, 0.1) is 0 Å². The Labute approximate surface area is 131 Å². The van der Waals surface area contributed by atoms with Gasteiger partial charge in [-0.25, -0.2) is 4.68 Å². The van der Waals surface area contributed by atoms with Crippen LogP contribution in [0.4, 0.5) is 5.69 Å². The van der Waals surface area contributed by atoms with E-state index in [0.29, 0.717) is 5.02 Å². The van der Waals surface area contributed by atoms with Crippen molar-refractivity contribution in [1.29, 1.82) is 0 Å². The molecule has 2 aromatic rings. The molecule has 0 saturated carbocycles. The monoisotopic (exact) mass is 307 g/mol. The van der Waals surface area contributed by atoms with Crippen molar-refractivity contribution in [1.82, 2.24) is 9.78 Å². The molecule has 1 heterocycles. The smallest absolute Gasteiger partial charge is 0.0877 e. The first-order valence-corrected chi connectivity index (χ1v) is 7.40. The summed E-state index contributed by atoms with van der Waals surface area (Å²) in [6.45, 7) is 6.30. The molecule has 0 aliphatic carbocycles. The molecule has 0 radical (unpaired) electrons. The highest BCUT2D eigenvalue weighted by molar-refractivity contribution is 6.31. The van der Waals surface area contributed by atoms with Crippen LogP contribution in [0.15, 0.2) is 36.7 Å². The van der Waals surface area contributed by atoms with Gasteiger partial charge in [0, 0.05) is 30.6 Å². The van der Waals surface area contributed by atoms with Crippen LogP contribution >= 0.6 is 11.6 Å². The van der Waals surface area contributed by atoms with Gasteiger partial charge in [-0.2, -0.15) is 5.10 Å². The number of hydrogen-bond acceptors (Lipinski definition) is 3. The number of halogens is 1. The number of nitrogens with one attached hydrogen (secondary N) is 1. The molecule has 0 aliphatic rings. The Balaban J connectivity index is 2.21. The maximum Gasteiger partial charge on any atom is 0.0877 e. The van der Waals surface area contributed by atoms with Crippen molar-refractivity contribution in [2.24, 2.45) is 0 Å². The maximum atomic E-state index is 6.13. The van der Waals surface area contributed by atoms with Crippen molar-refractivity contribution in [3.8, 4) is 5.69 Å². The predicted molar refractivity (Wildman–Crippen MR) is 87.4 cm³/mol. The molecule has 0 fully saturated rings. The number of hydrogen-bond donors (Lipinski definition) is 1. The van der Waals surface area contributed by atoms with Crippen LogP contribution in [0.25, 0.3) is 5.69 Å². The van der Waals surface area contributed by atoms with E-state index >= 15 is 0 Å². The van der Waals surface area contributed by atoms with Crippen molar-refractivity contribution >= 4 is 17.3 Å². The Hall–Kier alpha value is -1.52. The predicted octanol–water partition coefficient (Wildman–Crippen LogP) is 4.14. The van der Waals surface area contributed by atoms with Crippen molar-refractivity contribution in [3.05, 3.63) is 41.7 Å². The number of ether oxygens (including phenoxy) is 1. The SMILES string of the molecule is COC(C)(C)CC(C)Nc1cc(Cl)ccc1-n1cccn1. The van der Waals surface area contributed by atoms with Crippen LogP contribution in [0.1, 0.15) is 27.2 Å². The van der Waals surface area contributed by atoms with E-state index in [4.69, 9.17) is 16.3 Å². The van der Waals surface area contributed by atoms with Crippen molar-refractivity contribution in [2.45, 2.75) is 38.8 Å². The van der Waals surface area contributed by atoms with E-state index < -0.39 is 0 Å². The summed E-state index contributed by atoms with van der Waals surface area (Å²) in [5.41, 5.74) is 1.77. The number of methoxy groups -OCH3 is 1. The van der Waals surface area contributed by atoms with Gasteiger partial charge in [0.05, 0.1) is 17.0 Å². The highest BCUT2D eigenvalue weighted by Crippen LogP contribution is 2.26. The van der Waals surface area contributed by atoms with E-state index in [0.717, 1.165) is 17.8 Å². The Morgan fingerprint density at radius 3 is 2.81 bits per heavy atom. The summed E-state index contributed by atoms with van der Waals surface area (Å²) in [6.07, 6.45) is 4.56. The third-order valence-corrected chi connectivity index (χ3v) is 3.70. The second kappa shape index (κ2) is 6.50. The largest absolute Gasteiger partial charge is 0.381 e. The standard InChI is InChI=1S/C16H22ClN3O/c1-12(11-16(2,3)21-4)19-14-10-13(17)6-7-15(14)20-9-5-8-18-20/h5-10,12,19H,11H2,1-4H3. The maximum absolute atomic E-state index is 6.13. The topological polar surface area (TPSA) is 39.1 Å². The zero-order valence-corrected chi connectivity index (χ0v) is 13.7. The summed E-state index contributed by atoms with van der Waals surface area (Å²) in [6, 6.07) is 7.90. The number of benzene rings is 1. The van der Waals surface area contributed by atoms with Crippen LogP contribution in [0.5, 0.6) is 0 Å². The molecule has 1 N–H and O–H groups in total. The molecule has 0 bridgehead atoms. The molecule has 4 nitrogen and oxygen atoms in total. The third kappa shape index (κ3) is 4.22. The quantitative estimate of drug-likeness (QED) is 0.871. The van der Waals surface area contributed by atoms with Crippen molar-refractivity contribution in [3.63, 3.8) is 0 Å². The summed E-state index contributed by atoms with van der Waals surface area (Å²) >= 11 is 6.13. The number of rotatable bonds is 6. The van der Waals surface area contributed by atoms with Gasteiger partial charge in [0.25, 0.3) is 0 Å². The second-order valence-electron chi connectivity index (χ2n) is 5.83. The molecule has 1 aromatic heterocycles. The van der Waals surface area contributed by atoms with Gasteiger partial charge in [-0.3, -0.25) is 0 Å². The Kier molecular flexibility index (Phi) is 4.91.